The van der Waals surface area contributed by atoms with Gasteiger partial charge in [0, 0.05) is 31.1 Å². The molecule has 0 bridgehead atoms. The number of carbonyl (C=O) groups excluding carboxylic acids is 2. The molecule has 0 saturated heterocycles. The van der Waals surface area contributed by atoms with E-state index < -0.39 is 5.91 Å². The molecule has 3 aliphatic rings. The molecule has 31 heavy (non-hydrogen) atoms. The standard InChI is InChI=1S/C26H27N3O2/c1-16-6-4-11-24(25(27)30)28-23-12-13-29(15-22(16)23)26(31)21-14-20(21)19-10-5-8-17-7-2-3-9-18(17)19/h2-5,7-11,16,20-21H,6,12-15H2,1H3,(H2,27,30)/b11-4+,28-24?/t16?,20?,21-/m1/s1. The second-order valence-electron chi connectivity index (χ2n) is 8.90. The van der Waals surface area contributed by atoms with Gasteiger partial charge in [-0.1, -0.05) is 55.5 Å². The van der Waals surface area contributed by atoms with Gasteiger partial charge in [0.05, 0.1) is 0 Å². The number of amides is 2. The van der Waals surface area contributed by atoms with Crippen LogP contribution in [0.1, 0.15) is 37.7 Å². The zero-order valence-corrected chi connectivity index (χ0v) is 17.8. The van der Waals surface area contributed by atoms with Crippen molar-refractivity contribution in [2.24, 2.45) is 22.6 Å². The molecule has 5 nitrogen and oxygen atoms in total. The van der Waals surface area contributed by atoms with Crippen molar-refractivity contribution >= 4 is 28.3 Å². The summed E-state index contributed by atoms with van der Waals surface area (Å²) in [6.07, 6.45) is 6.07. The van der Waals surface area contributed by atoms with E-state index in [1.165, 1.54) is 16.3 Å². The number of aliphatic imine (C=N–C) groups is 1. The molecule has 0 aromatic heterocycles. The highest BCUT2D eigenvalue weighted by molar-refractivity contribution is 6.43. The molecule has 2 amide bonds. The van der Waals surface area contributed by atoms with Crippen LogP contribution in [0.3, 0.4) is 0 Å². The van der Waals surface area contributed by atoms with Gasteiger partial charge in [-0.3, -0.25) is 9.59 Å². The predicted molar refractivity (Wildman–Crippen MR) is 123 cm³/mol. The van der Waals surface area contributed by atoms with Crippen LogP contribution in [0.2, 0.25) is 0 Å². The van der Waals surface area contributed by atoms with Crippen LogP contribution in [0, 0.1) is 11.8 Å². The number of hydrogen-bond acceptors (Lipinski definition) is 3. The quantitative estimate of drug-likeness (QED) is 0.827. The minimum absolute atomic E-state index is 0.0568. The van der Waals surface area contributed by atoms with Crippen LogP contribution in [0.15, 0.2) is 70.9 Å². The molecule has 3 atom stereocenters. The fourth-order valence-electron chi connectivity index (χ4n) is 5.00. The third-order valence-corrected chi connectivity index (χ3v) is 6.86. The number of nitrogens with two attached hydrogens (primary N) is 1. The number of nitrogens with zero attached hydrogens (tertiary/aromatic N) is 2. The van der Waals surface area contributed by atoms with Crippen molar-refractivity contribution in [3.05, 3.63) is 71.5 Å². The molecule has 2 aromatic rings. The maximum Gasteiger partial charge on any atom is 0.267 e. The normalized spacial score (nSPS) is 26.5. The van der Waals surface area contributed by atoms with Crippen molar-refractivity contribution in [3.8, 4) is 0 Å². The second kappa shape index (κ2) is 7.80. The average molecular weight is 414 g/mol. The molecule has 5 rings (SSSR count). The van der Waals surface area contributed by atoms with Crippen molar-refractivity contribution in [1.29, 1.82) is 0 Å². The minimum atomic E-state index is -0.507. The first-order chi connectivity index (χ1) is 15.0. The van der Waals surface area contributed by atoms with Crippen LogP contribution in [0.5, 0.6) is 0 Å². The van der Waals surface area contributed by atoms with Gasteiger partial charge in [0.15, 0.2) is 0 Å². The Morgan fingerprint density at radius 2 is 1.94 bits per heavy atom. The first-order valence-corrected chi connectivity index (χ1v) is 11.1. The molecule has 2 unspecified atom stereocenters. The average Bonchev–Trinajstić information content (AvgIpc) is 3.57. The lowest BCUT2D eigenvalue weighted by Crippen LogP contribution is -2.39. The molecular weight excluding hydrogens is 386 g/mol. The summed E-state index contributed by atoms with van der Waals surface area (Å²) in [6, 6.07) is 14.8. The molecule has 5 heteroatoms. The van der Waals surface area contributed by atoms with E-state index in [1.54, 1.807) is 6.08 Å². The van der Waals surface area contributed by atoms with Crippen molar-refractivity contribution in [3.63, 3.8) is 0 Å². The Kier molecular flexibility index (Phi) is 4.97. The lowest BCUT2D eigenvalue weighted by Gasteiger charge is -2.33. The van der Waals surface area contributed by atoms with Crippen molar-refractivity contribution in [2.45, 2.75) is 32.1 Å². The van der Waals surface area contributed by atoms with Crippen molar-refractivity contribution < 1.29 is 9.59 Å². The summed E-state index contributed by atoms with van der Waals surface area (Å²) >= 11 is 0. The fraction of sp³-hybridized carbons (Fsp3) is 0.346. The van der Waals surface area contributed by atoms with Gasteiger partial charge in [-0.2, -0.15) is 0 Å². The van der Waals surface area contributed by atoms with E-state index in [0.717, 1.165) is 24.1 Å². The van der Waals surface area contributed by atoms with E-state index in [1.807, 2.05) is 11.0 Å². The van der Waals surface area contributed by atoms with Crippen LogP contribution < -0.4 is 5.73 Å². The molecule has 1 fully saturated rings. The van der Waals surface area contributed by atoms with E-state index in [-0.39, 0.29) is 17.7 Å². The summed E-state index contributed by atoms with van der Waals surface area (Å²) in [7, 11) is 0. The monoisotopic (exact) mass is 413 g/mol. The number of hydrogen-bond donors (Lipinski definition) is 1. The largest absolute Gasteiger partial charge is 0.364 e. The van der Waals surface area contributed by atoms with Gasteiger partial charge in [-0.15, -0.1) is 0 Å². The highest BCUT2D eigenvalue weighted by Crippen LogP contribution is 2.50. The zero-order chi connectivity index (χ0) is 21.5. The lowest BCUT2D eigenvalue weighted by atomic mass is 9.90. The van der Waals surface area contributed by atoms with Crippen LogP contribution in [-0.2, 0) is 9.59 Å². The molecule has 0 spiro atoms. The summed E-state index contributed by atoms with van der Waals surface area (Å²) in [5, 5.41) is 2.48. The first kappa shape index (κ1) is 19.7. The molecule has 1 saturated carbocycles. The Hall–Kier alpha value is -3.21. The maximum absolute atomic E-state index is 13.4. The summed E-state index contributed by atoms with van der Waals surface area (Å²) in [6.45, 7) is 3.40. The SMILES string of the molecule is CC1C/C=C/C(C(N)=O)=NC2=C1CN(C(=O)[C@@H]1CC1c1cccc3ccccc13)CC2. The summed E-state index contributed by atoms with van der Waals surface area (Å²) in [4.78, 5) is 31.6. The zero-order valence-electron chi connectivity index (χ0n) is 17.8. The van der Waals surface area contributed by atoms with Crippen LogP contribution in [-0.4, -0.2) is 35.5 Å². The second-order valence-corrected chi connectivity index (χ2v) is 8.90. The molecular formula is C26H27N3O2. The molecule has 1 aliphatic carbocycles. The van der Waals surface area contributed by atoms with Gasteiger partial charge >= 0.3 is 0 Å². The van der Waals surface area contributed by atoms with E-state index in [9.17, 15) is 9.59 Å². The number of fused-ring (bicyclic) bond motifs is 1. The molecule has 2 heterocycles. The number of carbonyl (C=O) groups is 2. The topological polar surface area (TPSA) is 75.8 Å². The Bertz CT molecular complexity index is 1150. The van der Waals surface area contributed by atoms with Gasteiger partial charge < -0.3 is 10.6 Å². The van der Waals surface area contributed by atoms with E-state index in [0.29, 0.717) is 31.1 Å². The predicted octanol–water partition coefficient (Wildman–Crippen LogP) is 3.95. The van der Waals surface area contributed by atoms with Gasteiger partial charge in [-0.05, 0) is 52.7 Å². The third-order valence-electron chi connectivity index (χ3n) is 6.86. The molecule has 158 valence electrons. The molecule has 2 aromatic carbocycles. The summed E-state index contributed by atoms with van der Waals surface area (Å²) in [5.74, 6) is 0.376. The van der Waals surface area contributed by atoms with E-state index >= 15 is 0 Å². The molecule has 2 aliphatic heterocycles. The van der Waals surface area contributed by atoms with Crippen LogP contribution >= 0.6 is 0 Å². The van der Waals surface area contributed by atoms with Gasteiger partial charge in [-0.25, -0.2) is 4.99 Å². The first-order valence-electron chi connectivity index (χ1n) is 11.1. The highest BCUT2D eigenvalue weighted by Gasteiger charge is 2.47. The lowest BCUT2D eigenvalue weighted by molar-refractivity contribution is -0.132. The van der Waals surface area contributed by atoms with Gasteiger partial charge in [0.2, 0.25) is 5.91 Å². The molecule has 0 radical (unpaired) electrons. The third kappa shape index (κ3) is 3.69. The van der Waals surface area contributed by atoms with E-state index in [2.05, 4.69) is 54.4 Å². The van der Waals surface area contributed by atoms with Crippen LogP contribution in [0.4, 0.5) is 0 Å². The molecule has 2 N–H and O–H groups in total. The summed E-state index contributed by atoms with van der Waals surface area (Å²) < 4.78 is 0. The minimum Gasteiger partial charge on any atom is -0.364 e. The Balaban J connectivity index is 1.36. The Morgan fingerprint density at radius 3 is 2.77 bits per heavy atom. The maximum atomic E-state index is 13.4. The Labute approximate surface area is 182 Å². The summed E-state index contributed by atoms with van der Waals surface area (Å²) in [5.41, 5.74) is 9.14. The van der Waals surface area contributed by atoms with Crippen LogP contribution in [0.25, 0.3) is 10.8 Å². The highest BCUT2D eigenvalue weighted by atomic mass is 16.2. The number of allylic oxidation sites excluding steroid dienone is 1. The number of benzene rings is 2. The van der Waals surface area contributed by atoms with Crippen molar-refractivity contribution in [1.82, 2.24) is 4.90 Å². The Morgan fingerprint density at radius 1 is 1.13 bits per heavy atom. The number of primary amides is 1. The van der Waals surface area contributed by atoms with Gasteiger partial charge in [0.1, 0.15) is 5.71 Å². The fourth-order valence-corrected chi connectivity index (χ4v) is 5.00. The number of rotatable bonds is 3. The van der Waals surface area contributed by atoms with Gasteiger partial charge in [0.25, 0.3) is 5.91 Å². The van der Waals surface area contributed by atoms with E-state index in [4.69, 9.17) is 5.73 Å². The smallest absolute Gasteiger partial charge is 0.267 e. The van der Waals surface area contributed by atoms with Crippen molar-refractivity contribution in [2.75, 3.05) is 13.1 Å².